The van der Waals surface area contributed by atoms with Gasteiger partial charge in [-0.15, -0.1) is 0 Å². The summed E-state index contributed by atoms with van der Waals surface area (Å²) in [7, 11) is 3.08. The van der Waals surface area contributed by atoms with E-state index in [0.29, 0.717) is 17.1 Å². The molecule has 6 heteroatoms. The monoisotopic (exact) mass is 321 g/mol. The highest BCUT2D eigenvalue weighted by molar-refractivity contribution is 5.77. The van der Waals surface area contributed by atoms with Crippen LogP contribution in [0, 0.1) is 11.6 Å². The van der Waals surface area contributed by atoms with Crippen LogP contribution in [0.25, 0.3) is 0 Å². The van der Waals surface area contributed by atoms with E-state index >= 15 is 0 Å². The Kier molecular flexibility index (Phi) is 5.51. The van der Waals surface area contributed by atoms with Crippen LogP contribution in [0.15, 0.2) is 42.5 Å². The maximum atomic E-state index is 13.2. The first-order valence-corrected chi connectivity index (χ1v) is 6.95. The number of benzene rings is 2. The number of carbonyl (C=O) groups excluding carboxylic acids is 1. The number of para-hydroxylation sites is 2. The molecule has 0 saturated heterocycles. The Hall–Kier alpha value is -2.63. The molecule has 0 aromatic heterocycles. The molecule has 23 heavy (non-hydrogen) atoms. The lowest BCUT2D eigenvalue weighted by Gasteiger charge is -2.18. The van der Waals surface area contributed by atoms with Crippen LogP contribution in [-0.4, -0.2) is 31.6 Å². The van der Waals surface area contributed by atoms with Crippen LogP contribution < -0.4 is 9.47 Å². The first kappa shape index (κ1) is 16.7. The molecule has 0 aliphatic heterocycles. The molecule has 0 atom stereocenters. The molecule has 0 bridgehead atoms. The third-order valence-electron chi connectivity index (χ3n) is 3.25. The lowest BCUT2D eigenvalue weighted by Crippen LogP contribution is -2.31. The maximum Gasteiger partial charge on any atom is 0.260 e. The Morgan fingerprint density at radius 3 is 2.43 bits per heavy atom. The Morgan fingerprint density at radius 1 is 1.09 bits per heavy atom. The number of hydrogen-bond donors (Lipinski definition) is 0. The van der Waals surface area contributed by atoms with Gasteiger partial charge in [-0.3, -0.25) is 4.79 Å². The maximum absolute atomic E-state index is 13.2. The van der Waals surface area contributed by atoms with Crippen LogP contribution in [0.5, 0.6) is 11.5 Å². The topological polar surface area (TPSA) is 38.8 Å². The van der Waals surface area contributed by atoms with E-state index in [1.54, 1.807) is 31.3 Å². The number of nitrogens with zero attached hydrogens (tertiary/aromatic N) is 1. The molecular formula is C17H17F2NO3. The zero-order valence-corrected chi connectivity index (χ0v) is 12.9. The van der Waals surface area contributed by atoms with Crippen molar-refractivity contribution in [3.63, 3.8) is 0 Å². The fourth-order valence-electron chi connectivity index (χ4n) is 1.99. The molecule has 2 aromatic carbocycles. The summed E-state index contributed by atoms with van der Waals surface area (Å²) in [6, 6.07) is 10.5. The van der Waals surface area contributed by atoms with Gasteiger partial charge in [-0.05, 0) is 29.8 Å². The van der Waals surface area contributed by atoms with Crippen LogP contribution in [0.4, 0.5) is 8.78 Å². The molecule has 1 amide bonds. The van der Waals surface area contributed by atoms with E-state index in [1.165, 1.54) is 18.1 Å². The van der Waals surface area contributed by atoms with Gasteiger partial charge in [0.25, 0.3) is 5.91 Å². The molecule has 0 radical (unpaired) electrons. The average molecular weight is 321 g/mol. The molecular weight excluding hydrogens is 304 g/mol. The molecule has 0 spiro atoms. The smallest absolute Gasteiger partial charge is 0.260 e. The van der Waals surface area contributed by atoms with Gasteiger partial charge >= 0.3 is 0 Å². The lowest BCUT2D eigenvalue weighted by molar-refractivity contribution is -0.132. The first-order valence-electron chi connectivity index (χ1n) is 6.95. The number of likely N-dealkylation sites (N-methyl/N-ethyl adjacent to an activating group) is 1. The van der Waals surface area contributed by atoms with Gasteiger partial charge in [-0.2, -0.15) is 0 Å². The third-order valence-corrected chi connectivity index (χ3v) is 3.25. The number of rotatable bonds is 6. The Bertz CT molecular complexity index is 691. The molecule has 0 fully saturated rings. The van der Waals surface area contributed by atoms with Crippen molar-refractivity contribution in [2.45, 2.75) is 6.54 Å². The number of amides is 1. The van der Waals surface area contributed by atoms with E-state index in [9.17, 15) is 13.6 Å². The van der Waals surface area contributed by atoms with Gasteiger partial charge < -0.3 is 14.4 Å². The van der Waals surface area contributed by atoms with Crippen molar-refractivity contribution in [2.75, 3.05) is 20.8 Å². The molecule has 2 aromatic rings. The van der Waals surface area contributed by atoms with E-state index < -0.39 is 11.6 Å². The lowest BCUT2D eigenvalue weighted by atomic mass is 10.2. The first-order chi connectivity index (χ1) is 11.0. The summed E-state index contributed by atoms with van der Waals surface area (Å²) in [6.45, 7) is -0.0220. The number of halogens is 2. The second-order valence-electron chi connectivity index (χ2n) is 4.94. The van der Waals surface area contributed by atoms with E-state index in [1.807, 2.05) is 0 Å². The summed E-state index contributed by atoms with van der Waals surface area (Å²) < 4.78 is 36.6. The zero-order valence-electron chi connectivity index (χ0n) is 12.9. The summed E-state index contributed by atoms with van der Waals surface area (Å²) in [5.74, 6) is -1.15. The predicted octanol–water partition coefficient (Wildman–Crippen LogP) is 3.01. The van der Waals surface area contributed by atoms with Crippen molar-refractivity contribution in [1.82, 2.24) is 4.90 Å². The van der Waals surface area contributed by atoms with Crippen molar-refractivity contribution < 1.29 is 23.0 Å². The number of methoxy groups -OCH3 is 1. The Morgan fingerprint density at radius 2 is 1.78 bits per heavy atom. The molecule has 122 valence electrons. The molecule has 0 saturated carbocycles. The Balaban J connectivity index is 1.93. The van der Waals surface area contributed by atoms with Gasteiger partial charge in [0.15, 0.2) is 29.7 Å². The predicted molar refractivity (Wildman–Crippen MR) is 81.3 cm³/mol. The van der Waals surface area contributed by atoms with Crippen LogP contribution in [0.1, 0.15) is 5.56 Å². The van der Waals surface area contributed by atoms with Gasteiger partial charge in [-0.25, -0.2) is 8.78 Å². The minimum absolute atomic E-state index is 0.158. The standard InChI is InChI=1S/C17H17F2NO3/c1-20(10-12-7-8-13(18)14(19)9-12)17(21)11-23-16-6-4-3-5-15(16)22-2/h3-9H,10-11H2,1-2H3. The van der Waals surface area contributed by atoms with Gasteiger partial charge in [-0.1, -0.05) is 18.2 Å². The summed E-state index contributed by atoms with van der Waals surface area (Å²) >= 11 is 0. The van der Waals surface area contributed by atoms with Crippen molar-refractivity contribution in [3.05, 3.63) is 59.7 Å². The number of hydrogen-bond acceptors (Lipinski definition) is 3. The highest BCUT2D eigenvalue weighted by Crippen LogP contribution is 2.25. The second-order valence-corrected chi connectivity index (χ2v) is 4.94. The summed E-state index contributed by atoms with van der Waals surface area (Å²) in [6.07, 6.45) is 0. The van der Waals surface area contributed by atoms with Gasteiger partial charge in [0.1, 0.15) is 0 Å². The van der Waals surface area contributed by atoms with Crippen molar-refractivity contribution in [2.24, 2.45) is 0 Å². The summed E-state index contributed by atoms with van der Waals surface area (Å²) in [5.41, 5.74) is 0.497. The number of ether oxygens (including phenoxy) is 2. The van der Waals surface area contributed by atoms with Crippen LogP contribution >= 0.6 is 0 Å². The fourth-order valence-corrected chi connectivity index (χ4v) is 1.99. The van der Waals surface area contributed by atoms with Gasteiger partial charge in [0.2, 0.25) is 0 Å². The summed E-state index contributed by atoms with van der Waals surface area (Å²) in [5, 5.41) is 0. The highest BCUT2D eigenvalue weighted by Gasteiger charge is 2.13. The van der Waals surface area contributed by atoms with Crippen molar-refractivity contribution in [1.29, 1.82) is 0 Å². The largest absolute Gasteiger partial charge is 0.493 e. The van der Waals surface area contributed by atoms with E-state index in [0.717, 1.165) is 12.1 Å². The molecule has 0 unspecified atom stereocenters. The van der Waals surface area contributed by atoms with E-state index in [2.05, 4.69) is 0 Å². The molecule has 0 aliphatic carbocycles. The minimum atomic E-state index is -0.936. The van der Waals surface area contributed by atoms with Gasteiger partial charge in [0, 0.05) is 13.6 Å². The molecule has 4 nitrogen and oxygen atoms in total. The van der Waals surface area contributed by atoms with E-state index in [-0.39, 0.29) is 19.1 Å². The van der Waals surface area contributed by atoms with Gasteiger partial charge in [0.05, 0.1) is 7.11 Å². The SMILES string of the molecule is COc1ccccc1OCC(=O)N(C)Cc1ccc(F)c(F)c1. The fraction of sp³-hybridized carbons (Fsp3) is 0.235. The molecule has 0 N–H and O–H groups in total. The van der Waals surface area contributed by atoms with Crippen molar-refractivity contribution in [3.8, 4) is 11.5 Å². The molecule has 0 aliphatic rings. The normalized spacial score (nSPS) is 10.3. The average Bonchev–Trinajstić information content (AvgIpc) is 2.56. The Labute approximate surface area is 133 Å². The van der Waals surface area contributed by atoms with Crippen LogP contribution in [0.2, 0.25) is 0 Å². The third kappa shape index (κ3) is 4.42. The molecule has 2 rings (SSSR count). The minimum Gasteiger partial charge on any atom is -0.493 e. The highest BCUT2D eigenvalue weighted by atomic mass is 19.2. The zero-order chi connectivity index (χ0) is 16.8. The molecule has 0 heterocycles. The quantitative estimate of drug-likeness (QED) is 0.821. The summed E-state index contributed by atoms with van der Waals surface area (Å²) in [4.78, 5) is 13.4. The van der Waals surface area contributed by atoms with Crippen molar-refractivity contribution >= 4 is 5.91 Å². The number of carbonyl (C=O) groups is 1. The second kappa shape index (κ2) is 7.58. The van der Waals surface area contributed by atoms with Crippen LogP contribution in [-0.2, 0) is 11.3 Å². The van der Waals surface area contributed by atoms with Crippen LogP contribution in [0.3, 0.4) is 0 Å². The van der Waals surface area contributed by atoms with E-state index in [4.69, 9.17) is 9.47 Å².